The number of halogens is 1. The minimum absolute atomic E-state index is 0.773. The van der Waals surface area contributed by atoms with Crippen LogP contribution in [-0.4, -0.2) is 12.8 Å². The van der Waals surface area contributed by atoms with Crippen LogP contribution in [0.4, 0.5) is 0 Å². The van der Waals surface area contributed by atoms with Gasteiger partial charge in [-0.05, 0) is 51.6 Å². The smallest absolute Gasteiger partial charge is 0.118 e. The van der Waals surface area contributed by atoms with Gasteiger partial charge >= 0.3 is 0 Å². The number of hydrogen-bond donors (Lipinski definition) is 1. The lowest BCUT2D eigenvalue weighted by molar-refractivity contribution is 0.415. The monoisotopic (exact) mass is 310 g/mol. The second-order valence-corrected chi connectivity index (χ2v) is 5.07. The molecule has 1 aromatic carbocycles. The number of benzene rings is 1. The van der Waals surface area contributed by atoms with E-state index >= 15 is 0 Å². The predicted octanol–water partition coefficient (Wildman–Crippen LogP) is 3.23. The third-order valence-electron chi connectivity index (χ3n) is 2.32. The fraction of sp³-hybridized carbons (Fsp3) is 0.0833. The summed E-state index contributed by atoms with van der Waals surface area (Å²) in [4.78, 5) is 1.03. The maximum absolute atomic E-state index is 5.48. The summed E-state index contributed by atoms with van der Waals surface area (Å²) in [7, 11) is 1.64. The van der Waals surface area contributed by atoms with Crippen molar-refractivity contribution in [1.29, 1.82) is 0 Å². The van der Waals surface area contributed by atoms with E-state index in [9.17, 15) is 0 Å². The van der Waals surface area contributed by atoms with Crippen LogP contribution in [0.2, 0.25) is 0 Å². The minimum atomic E-state index is 0.773. The number of nitrogens with zero attached hydrogens (tertiary/aromatic N) is 1. The van der Waals surface area contributed by atoms with Gasteiger partial charge in [-0.2, -0.15) is 5.10 Å². The van der Waals surface area contributed by atoms with E-state index in [2.05, 4.69) is 21.0 Å². The summed E-state index contributed by atoms with van der Waals surface area (Å²) >= 11 is 5.08. The Morgan fingerprint density at radius 2 is 2.00 bits per heavy atom. The zero-order valence-corrected chi connectivity index (χ0v) is 11.6. The normalized spacial score (nSPS) is 11.5. The molecule has 17 heavy (non-hydrogen) atoms. The Bertz CT molecular complexity index is 534. The first-order chi connectivity index (χ1) is 8.26. The molecule has 0 spiro atoms. The van der Waals surface area contributed by atoms with E-state index in [1.165, 1.54) is 0 Å². The van der Waals surface area contributed by atoms with Crippen molar-refractivity contribution in [3.63, 3.8) is 0 Å². The van der Waals surface area contributed by atoms with E-state index in [0.717, 1.165) is 26.4 Å². The summed E-state index contributed by atoms with van der Waals surface area (Å²) in [6.45, 7) is 0. The quantitative estimate of drug-likeness (QED) is 0.537. The molecule has 2 aromatic rings. The number of hydrogen-bond acceptors (Lipinski definition) is 4. The molecule has 1 aromatic heterocycles. The topological polar surface area (TPSA) is 47.6 Å². The fourth-order valence-electron chi connectivity index (χ4n) is 1.48. The molecule has 0 aliphatic carbocycles. The first kappa shape index (κ1) is 12.1. The van der Waals surface area contributed by atoms with Crippen LogP contribution in [0.25, 0.3) is 0 Å². The molecule has 0 aliphatic heterocycles. The Morgan fingerprint density at radius 1 is 1.29 bits per heavy atom. The van der Waals surface area contributed by atoms with Gasteiger partial charge in [-0.1, -0.05) is 0 Å². The van der Waals surface area contributed by atoms with Crippen molar-refractivity contribution in [2.45, 2.75) is 0 Å². The molecule has 0 saturated carbocycles. The molecule has 0 atom stereocenters. The number of rotatable bonds is 3. The maximum atomic E-state index is 5.48. The third kappa shape index (κ3) is 2.50. The molecule has 0 saturated heterocycles. The van der Waals surface area contributed by atoms with E-state index in [-0.39, 0.29) is 0 Å². The average Bonchev–Trinajstić information content (AvgIpc) is 2.78. The Labute approximate surface area is 112 Å². The van der Waals surface area contributed by atoms with Gasteiger partial charge in [0.1, 0.15) is 11.5 Å². The highest BCUT2D eigenvalue weighted by molar-refractivity contribution is 9.10. The van der Waals surface area contributed by atoms with Crippen LogP contribution < -0.4 is 10.6 Å². The average molecular weight is 311 g/mol. The molecule has 0 radical (unpaired) electrons. The molecule has 2 N–H and O–H groups in total. The van der Waals surface area contributed by atoms with Gasteiger partial charge in [-0.15, -0.1) is 11.3 Å². The highest BCUT2D eigenvalue weighted by atomic mass is 79.9. The molecule has 5 heteroatoms. The van der Waals surface area contributed by atoms with Crippen molar-refractivity contribution in [2.75, 3.05) is 7.11 Å². The number of thiophene rings is 1. The molecule has 1 heterocycles. The van der Waals surface area contributed by atoms with Crippen molar-refractivity contribution >= 4 is 33.0 Å². The van der Waals surface area contributed by atoms with Crippen LogP contribution in [0, 0.1) is 0 Å². The number of nitrogens with two attached hydrogens (primary N) is 1. The Hall–Kier alpha value is -1.33. The van der Waals surface area contributed by atoms with Crippen molar-refractivity contribution < 1.29 is 4.74 Å². The van der Waals surface area contributed by atoms with E-state index in [1.54, 1.807) is 18.4 Å². The van der Waals surface area contributed by atoms with Gasteiger partial charge in [0.15, 0.2) is 0 Å². The second kappa shape index (κ2) is 5.33. The molecular formula is C12H11BrN2OS. The summed E-state index contributed by atoms with van der Waals surface area (Å²) in [5, 5.41) is 5.87. The van der Waals surface area contributed by atoms with Crippen molar-refractivity contribution in [3.05, 3.63) is 50.6 Å². The highest BCUT2D eigenvalue weighted by Gasteiger charge is 2.11. The number of hydrazone groups is 1. The lowest BCUT2D eigenvalue weighted by Gasteiger charge is -2.05. The van der Waals surface area contributed by atoms with Crippen LogP contribution in [0.3, 0.4) is 0 Å². The summed E-state index contributed by atoms with van der Waals surface area (Å²) in [5.74, 6) is 6.29. The maximum Gasteiger partial charge on any atom is 0.118 e. The van der Waals surface area contributed by atoms with E-state index in [0.29, 0.717) is 0 Å². The molecule has 0 fully saturated rings. The molecule has 2 rings (SSSR count). The Kier molecular flexibility index (Phi) is 3.81. The lowest BCUT2D eigenvalue weighted by Crippen LogP contribution is -2.05. The standard InChI is InChI=1S/C12H11BrN2OS/c1-16-9-4-2-8(3-5-9)11(15-14)12-10(13)6-7-17-12/h2-7H,14H2,1H3. The van der Waals surface area contributed by atoms with Crippen LogP contribution in [0.1, 0.15) is 10.4 Å². The van der Waals surface area contributed by atoms with Gasteiger partial charge in [-0.25, -0.2) is 0 Å². The number of ether oxygens (including phenoxy) is 1. The predicted molar refractivity (Wildman–Crippen MR) is 74.8 cm³/mol. The molecule has 0 aliphatic rings. The van der Waals surface area contributed by atoms with Gasteiger partial charge in [0, 0.05) is 10.0 Å². The lowest BCUT2D eigenvalue weighted by atomic mass is 10.1. The zero-order chi connectivity index (χ0) is 12.3. The van der Waals surface area contributed by atoms with Gasteiger partial charge in [0.2, 0.25) is 0 Å². The zero-order valence-electron chi connectivity index (χ0n) is 9.18. The Balaban J connectivity index is 2.40. The summed E-state index contributed by atoms with van der Waals surface area (Å²) in [5.41, 5.74) is 1.74. The first-order valence-electron chi connectivity index (χ1n) is 4.92. The highest BCUT2D eigenvalue weighted by Crippen LogP contribution is 2.26. The summed E-state index contributed by atoms with van der Waals surface area (Å²) < 4.78 is 6.12. The molecule has 0 unspecified atom stereocenters. The molecule has 0 bridgehead atoms. The number of methoxy groups -OCH3 is 1. The van der Waals surface area contributed by atoms with E-state index in [4.69, 9.17) is 10.6 Å². The summed E-state index contributed by atoms with van der Waals surface area (Å²) in [6, 6.07) is 9.64. The largest absolute Gasteiger partial charge is 0.497 e. The van der Waals surface area contributed by atoms with Gasteiger partial charge < -0.3 is 10.6 Å². The van der Waals surface area contributed by atoms with E-state index < -0.39 is 0 Å². The third-order valence-corrected chi connectivity index (χ3v) is 4.17. The van der Waals surface area contributed by atoms with Gasteiger partial charge in [0.05, 0.1) is 12.0 Å². The summed E-state index contributed by atoms with van der Waals surface area (Å²) in [6.07, 6.45) is 0. The Morgan fingerprint density at radius 3 is 2.47 bits per heavy atom. The first-order valence-corrected chi connectivity index (χ1v) is 6.59. The van der Waals surface area contributed by atoms with Crippen molar-refractivity contribution in [1.82, 2.24) is 0 Å². The molecular weight excluding hydrogens is 300 g/mol. The fourth-order valence-corrected chi connectivity index (χ4v) is 3.05. The van der Waals surface area contributed by atoms with Crippen LogP contribution >= 0.6 is 27.3 Å². The molecule has 88 valence electrons. The molecule has 3 nitrogen and oxygen atoms in total. The molecule has 0 amide bonds. The van der Waals surface area contributed by atoms with Gasteiger partial charge in [0.25, 0.3) is 0 Å². The van der Waals surface area contributed by atoms with Crippen LogP contribution in [-0.2, 0) is 0 Å². The minimum Gasteiger partial charge on any atom is -0.497 e. The second-order valence-electron chi connectivity index (χ2n) is 3.30. The van der Waals surface area contributed by atoms with E-state index in [1.807, 2.05) is 35.7 Å². The van der Waals surface area contributed by atoms with Crippen molar-refractivity contribution in [3.8, 4) is 5.75 Å². The SMILES string of the molecule is COc1ccc(C(=NN)c2sccc2Br)cc1. The van der Waals surface area contributed by atoms with Crippen molar-refractivity contribution in [2.24, 2.45) is 10.9 Å². The van der Waals surface area contributed by atoms with Gasteiger partial charge in [-0.3, -0.25) is 0 Å². The van der Waals surface area contributed by atoms with Crippen LogP contribution in [0.5, 0.6) is 5.75 Å². The van der Waals surface area contributed by atoms with Crippen LogP contribution in [0.15, 0.2) is 45.3 Å².